The number of carboxylic acid groups (broad SMARTS) is 1. The largest absolute Gasteiger partial charge is 0.480 e. The molecule has 9 atom stereocenters. The van der Waals surface area contributed by atoms with Gasteiger partial charge in [0.2, 0.25) is 11.8 Å². The van der Waals surface area contributed by atoms with Crippen molar-refractivity contribution in [1.82, 2.24) is 10.6 Å². The quantitative estimate of drug-likeness (QED) is 0.0251. The molecule has 1 rings (SSSR count). The van der Waals surface area contributed by atoms with E-state index in [0.29, 0.717) is 51.4 Å². The van der Waals surface area contributed by atoms with Crippen LogP contribution in [0, 0.1) is 0 Å². The molecule has 0 saturated carbocycles. The molecule has 4 N–H and O–H groups in total. The molecule has 1 fully saturated rings. The van der Waals surface area contributed by atoms with Crippen molar-refractivity contribution in [2.45, 2.75) is 463 Å². The summed E-state index contributed by atoms with van der Waals surface area (Å²) in [6.07, 6.45) is 43.9. The first-order valence-electron chi connectivity index (χ1n) is 41.7. The zero-order valence-electron chi connectivity index (χ0n) is 65.0. The van der Waals surface area contributed by atoms with E-state index in [0.717, 1.165) is 180 Å². The van der Waals surface area contributed by atoms with Crippen LogP contribution in [0.3, 0.4) is 0 Å². The molecule has 0 aromatic carbocycles. The number of nitrogens with one attached hydrogen (secondary N) is 2. The van der Waals surface area contributed by atoms with Crippen LogP contribution in [0.5, 0.6) is 0 Å². The van der Waals surface area contributed by atoms with Crippen LogP contribution >= 0.6 is 0 Å². The molecule has 1 saturated heterocycles. The minimum Gasteiger partial charge on any atom is -0.480 e. The van der Waals surface area contributed by atoms with Crippen LogP contribution in [0.25, 0.3) is 0 Å². The maximum absolute atomic E-state index is 14.8. The van der Waals surface area contributed by atoms with E-state index in [4.69, 9.17) is 33.2 Å². The third-order valence-corrected chi connectivity index (χ3v) is 19.7. The molecule has 18 heteroatoms. The van der Waals surface area contributed by atoms with E-state index in [1.807, 2.05) is 0 Å². The lowest BCUT2D eigenvalue weighted by molar-refractivity contribution is -0.278. The van der Waals surface area contributed by atoms with Crippen molar-refractivity contribution in [1.29, 1.82) is 0 Å². The average molecular weight is 1420 g/mol. The maximum atomic E-state index is 14.8. The highest BCUT2D eigenvalue weighted by Gasteiger charge is 2.50. The Morgan fingerprint density at radius 3 is 0.990 bits per heavy atom. The summed E-state index contributed by atoms with van der Waals surface area (Å²) < 4.78 is 43.2. The van der Waals surface area contributed by atoms with Gasteiger partial charge in [0.1, 0.15) is 36.6 Å². The highest BCUT2D eigenvalue weighted by Crippen LogP contribution is 2.30. The van der Waals surface area contributed by atoms with Gasteiger partial charge in [-0.3, -0.25) is 28.8 Å². The molecule has 0 aliphatic carbocycles. The molecule has 0 bridgehead atoms. The zero-order valence-corrected chi connectivity index (χ0v) is 65.0. The summed E-state index contributed by atoms with van der Waals surface area (Å²) in [5.74, 6) is -4.66. The van der Waals surface area contributed by atoms with Crippen LogP contribution in [0.4, 0.5) is 0 Å². The van der Waals surface area contributed by atoms with Gasteiger partial charge in [-0.1, -0.05) is 311 Å². The highest BCUT2D eigenvalue weighted by molar-refractivity contribution is 5.84. The number of aliphatic hydroxyl groups excluding tert-OH is 1. The van der Waals surface area contributed by atoms with Crippen molar-refractivity contribution >= 4 is 41.7 Å². The number of ether oxygens (including phenoxy) is 7. The Morgan fingerprint density at radius 1 is 0.380 bits per heavy atom. The number of aliphatic carboxylic acids is 1. The smallest absolute Gasteiger partial charge is 0.328 e. The van der Waals surface area contributed by atoms with Gasteiger partial charge in [-0.05, 0) is 57.8 Å². The van der Waals surface area contributed by atoms with Gasteiger partial charge in [0.05, 0.1) is 32.5 Å². The Kier molecular flexibility index (Phi) is 63.1. The molecule has 1 heterocycles. The van der Waals surface area contributed by atoms with Crippen LogP contribution in [-0.4, -0.2) is 127 Å². The monoisotopic (exact) mass is 1420 g/mol. The topological polar surface area (TPSA) is 249 Å². The molecule has 1 aliphatic heterocycles. The van der Waals surface area contributed by atoms with Gasteiger partial charge in [-0.15, -0.1) is 0 Å². The van der Waals surface area contributed by atoms with E-state index >= 15 is 0 Å². The zero-order chi connectivity index (χ0) is 73.3. The lowest BCUT2D eigenvalue weighted by atomic mass is 9.95. The van der Waals surface area contributed by atoms with Crippen molar-refractivity contribution in [2.24, 2.45) is 0 Å². The first kappa shape index (κ1) is 94.1. The molecule has 2 amide bonds. The summed E-state index contributed by atoms with van der Waals surface area (Å²) in [7, 11) is 1.35. The summed E-state index contributed by atoms with van der Waals surface area (Å²) in [6.45, 7) is 11.8. The van der Waals surface area contributed by atoms with E-state index in [1.54, 1.807) is 0 Å². The Bertz CT molecular complexity index is 1990. The van der Waals surface area contributed by atoms with E-state index in [9.17, 15) is 43.8 Å². The number of carbonyl (C=O) groups is 7. The summed E-state index contributed by atoms with van der Waals surface area (Å²) >= 11 is 0. The highest BCUT2D eigenvalue weighted by atomic mass is 16.7. The number of unbranched alkanes of at least 4 members (excludes halogenated alkanes) is 42. The van der Waals surface area contributed by atoms with Crippen LogP contribution in [0.15, 0.2) is 0 Å². The number of aliphatic hydroxyl groups is 1. The third-order valence-electron chi connectivity index (χ3n) is 19.7. The second-order valence-corrected chi connectivity index (χ2v) is 29.2. The minimum atomic E-state index is -1.67. The van der Waals surface area contributed by atoms with Gasteiger partial charge in [-0.2, -0.15) is 0 Å². The summed E-state index contributed by atoms with van der Waals surface area (Å²) in [5, 5.41) is 27.2. The van der Waals surface area contributed by atoms with Crippen LogP contribution in [0.2, 0.25) is 0 Å². The molecular weight excluding hydrogens is 1270 g/mol. The summed E-state index contributed by atoms with van der Waals surface area (Å²) in [6, 6.07) is -3.09. The lowest BCUT2D eigenvalue weighted by Crippen LogP contribution is -2.66. The normalized spacial score (nSPS) is 17.3. The number of amides is 2. The second kappa shape index (κ2) is 67.0. The van der Waals surface area contributed by atoms with E-state index < -0.39 is 104 Å². The second-order valence-electron chi connectivity index (χ2n) is 29.2. The van der Waals surface area contributed by atoms with Gasteiger partial charge >= 0.3 is 29.8 Å². The number of carbonyl (C=O) groups excluding carboxylic acids is 6. The molecule has 0 aromatic rings. The van der Waals surface area contributed by atoms with Gasteiger partial charge in [0, 0.05) is 26.4 Å². The molecule has 2 unspecified atom stereocenters. The van der Waals surface area contributed by atoms with Crippen molar-refractivity contribution < 1.29 is 76.9 Å². The molecule has 0 aromatic heterocycles. The fraction of sp³-hybridized carbons (Fsp3) is 0.915. The molecule has 0 radical (unpaired) electrons. The Hall–Kier alpha value is -3.87. The number of carboxylic acids is 1. The van der Waals surface area contributed by atoms with Crippen molar-refractivity contribution in [3.8, 4) is 0 Å². The van der Waals surface area contributed by atoms with Crippen LogP contribution in [-0.2, 0) is 66.7 Å². The molecule has 18 nitrogen and oxygen atoms in total. The average Bonchev–Trinajstić information content (AvgIpc) is 0.788. The summed E-state index contributed by atoms with van der Waals surface area (Å²) in [4.78, 5) is 97.0. The fourth-order valence-corrected chi connectivity index (χ4v) is 13.5. The fourth-order valence-electron chi connectivity index (χ4n) is 13.5. The molecule has 100 heavy (non-hydrogen) atoms. The first-order chi connectivity index (χ1) is 48.7. The molecule has 1 aliphatic rings. The predicted octanol–water partition coefficient (Wildman–Crippen LogP) is 19.8. The molecule has 586 valence electrons. The van der Waals surface area contributed by atoms with Crippen molar-refractivity contribution in [3.63, 3.8) is 0 Å². The minimum absolute atomic E-state index is 0.215. The van der Waals surface area contributed by atoms with E-state index in [2.05, 4.69) is 52.2 Å². The lowest BCUT2D eigenvalue weighted by Gasteiger charge is -2.45. The third kappa shape index (κ3) is 52.1. The predicted molar refractivity (Wildman–Crippen MR) is 401 cm³/mol. The standard InChI is InChI=1S/C82H152N2O16/c1-8-14-20-26-32-35-41-44-50-56-67(96-74(88)59-53-47-38-29-23-17-11-4)62-72(86)83-70(81(92)93)66-95-82-78(84-73(87)63-68(57-51-45-42-36-33-27-21-15-9-2)97-75(89)60-54-48-39-30-24-18-12-5)80(79(94-7)71(65-85)99-82)100-77(91)64-69(58-52-46-43-37-34-28-22-16-10-3)98-76(90)61-55-49-40-31-25-19-13-6/h67-71,78-80,82,85H,8-66H2,1-7H3,(H,83,86)(H,84,87)(H,92,93)/t67-,68-,69-,70-,71?,78?,79-,80-,82-/m1/s1. The van der Waals surface area contributed by atoms with Crippen molar-refractivity contribution in [3.05, 3.63) is 0 Å². The van der Waals surface area contributed by atoms with E-state index in [-0.39, 0.29) is 44.5 Å². The van der Waals surface area contributed by atoms with Gasteiger partial charge in [-0.25, -0.2) is 4.79 Å². The Morgan fingerprint density at radius 2 is 0.680 bits per heavy atom. The summed E-state index contributed by atoms with van der Waals surface area (Å²) in [5.41, 5.74) is 0. The number of methoxy groups -OCH3 is 1. The number of rotatable bonds is 72. The molecule has 0 spiro atoms. The van der Waals surface area contributed by atoms with E-state index in [1.165, 1.54) is 103 Å². The Labute approximate surface area is 609 Å². The SMILES string of the molecule is CCCCCCCCCCC[C@H](CC(=O)NC1[C@H](OC[C@@H](NC(=O)C[C@@H](CCCCCCCCCCC)OC(=O)CCCCCCCCC)C(=O)O)OC(CO)[C@@H](OC)[C@@H]1OC(=O)C[C@@H](CCCCCCCCCCC)OC(=O)CCCCCCCCC)OC(=O)CCCCCCCCC. The van der Waals surface area contributed by atoms with Crippen LogP contribution < -0.4 is 10.6 Å². The van der Waals surface area contributed by atoms with Crippen molar-refractivity contribution in [2.75, 3.05) is 20.3 Å². The van der Waals surface area contributed by atoms with Crippen LogP contribution in [0.1, 0.15) is 408 Å². The number of hydrogen-bond acceptors (Lipinski definition) is 15. The van der Waals surface area contributed by atoms with Gasteiger partial charge in [0.15, 0.2) is 18.4 Å². The molecular formula is C82H152N2O16. The van der Waals surface area contributed by atoms with Gasteiger partial charge < -0.3 is 54.0 Å². The first-order valence-corrected chi connectivity index (χ1v) is 41.7. The van der Waals surface area contributed by atoms with Gasteiger partial charge in [0.25, 0.3) is 0 Å². The maximum Gasteiger partial charge on any atom is 0.328 e. The Balaban J connectivity index is 3.71. The number of esters is 4. The number of hydrogen-bond donors (Lipinski definition) is 4.